The van der Waals surface area contributed by atoms with Crippen molar-refractivity contribution in [1.29, 1.82) is 0 Å². The Bertz CT molecular complexity index is 302. The molecule has 0 aliphatic rings. The largest absolute Gasteiger partial charge is 0.368 e. The highest BCUT2D eigenvalue weighted by atomic mass is 35.5. The Labute approximate surface area is 87.7 Å². The Hall–Kier alpha value is -1.13. The molecule has 0 saturated carbocycles. The predicted molar refractivity (Wildman–Crippen MR) is 54.5 cm³/mol. The van der Waals surface area contributed by atoms with Crippen molar-refractivity contribution < 1.29 is 9.18 Å². The van der Waals surface area contributed by atoms with E-state index in [-0.39, 0.29) is 18.2 Å². The van der Waals surface area contributed by atoms with Gasteiger partial charge in [0, 0.05) is 0 Å². The van der Waals surface area contributed by atoms with E-state index >= 15 is 0 Å². The van der Waals surface area contributed by atoms with Gasteiger partial charge in [0.05, 0.1) is 6.04 Å². The zero-order valence-corrected chi connectivity index (χ0v) is 8.26. The molecule has 1 aromatic carbocycles. The van der Waals surface area contributed by atoms with Crippen LogP contribution in [0.5, 0.6) is 0 Å². The number of carbonyl (C=O) groups excluding carboxylic acids is 1. The second-order valence-corrected chi connectivity index (χ2v) is 2.84. The first-order chi connectivity index (χ1) is 6.09. The Morgan fingerprint density at radius 3 is 2.29 bits per heavy atom. The minimum absolute atomic E-state index is 0. The summed E-state index contributed by atoms with van der Waals surface area (Å²) in [6.07, 6.45) is 0.343. The third kappa shape index (κ3) is 3.72. The second-order valence-electron chi connectivity index (χ2n) is 2.84. The molecule has 0 radical (unpaired) electrons. The standard InChI is InChI=1S/C9H11FN2O.ClH/c10-7-3-1-6(2-4-7)5-8(11)9(12)13;/h1-4,8H,5,11H2,(H2,12,13);1H. The van der Waals surface area contributed by atoms with Crippen LogP contribution in [0.2, 0.25) is 0 Å². The topological polar surface area (TPSA) is 69.1 Å². The van der Waals surface area contributed by atoms with Crippen LogP contribution in [0.4, 0.5) is 4.39 Å². The van der Waals surface area contributed by atoms with Gasteiger partial charge in [-0.1, -0.05) is 12.1 Å². The van der Waals surface area contributed by atoms with Crippen LogP contribution in [0, 0.1) is 5.82 Å². The van der Waals surface area contributed by atoms with Crippen molar-refractivity contribution in [2.75, 3.05) is 0 Å². The van der Waals surface area contributed by atoms with Crippen molar-refractivity contribution in [2.45, 2.75) is 12.5 Å². The van der Waals surface area contributed by atoms with Crippen LogP contribution in [0.15, 0.2) is 24.3 Å². The van der Waals surface area contributed by atoms with Crippen LogP contribution in [-0.4, -0.2) is 11.9 Å². The summed E-state index contributed by atoms with van der Waals surface area (Å²) < 4.78 is 12.5. The Kier molecular flexibility index (Phi) is 5.12. The van der Waals surface area contributed by atoms with Crippen molar-refractivity contribution in [2.24, 2.45) is 11.5 Å². The summed E-state index contributed by atoms with van der Waals surface area (Å²) in [4.78, 5) is 10.6. The van der Waals surface area contributed by atoms with Gasteiger partial charge >= 0.3 is 0 Å². The third-order valence-corrected chi connectivity index (χ3v) is 1.73. The van der Waals surface area contributed by atoms with Crippen LogP contribution < -0.4 is 11.5 Å². The molecule has 1 aromatic rings. The van der Waals surface area contributed by atoms with Crippen molar-refractivity contribution in [3.8, 4) is 0 Å². The number of rotatable bonds is 3. The average molecular weight is 219 g/mol. The van der Waals surface area contributed by atoms with E-state index in [9.17, 15) is 9.18 Å². The molecule has 0 aromatic heterocycles. The van der Waals surface area contributed by atoms with Gasteiger partial charge in [-0.3, -0.25) is 4.79 Å². The first-order valence-corrected chi connectivity index (χ1v) is 3.89. The van der Waals surface area contributed by atoms with Gasteiger partial charge in [-0.2, -0.15) is 0 Å². The predicted octanol–water partition coefficient (Wildman–Crippen LogP) is 0.603. The van der Waals surface area contributed by atoms with E-state index in [1.165, 1.54) is 12.1 Å². The molecular weight excluding hydrogens is 207 g/mol. The molecular formula is C9H12ClFN2O. The van der Waals surface area contributed by atoms with E-state index in [0.717, 1.165) is 5.56 Å². The highest BCUT2D eigenvalue weighted by Crippen LogP contribution is 2.04. The summed E-state index contributed by atoms with van der Waals surface area (Å²) in [5, 5.41) is 0. The number of halogens is 2. The molecule has 1 amide bonds. The number of nitrogens with two attached hydrogens (primary N) is 2. The fraction of sp³-hybridized carbons (Fsp3) is 0.222. The lowest BCUT2D eigenvalue weighted by molar-refractivity contribution is -0.119. The van der Waals surface area contributed by atoms with Crippen LogP contribution in [0.3, 0.4) is 0 Å². The Morgan fingerprint density at radius 1 is 1.36 bits per heavy atom. The monoisotopic (exact) mass is 218 g/mol. The van der Waals surface area contributed by atoms with Crippen LogP contribution >= 0.6 is 12.4 Å². The first-order valence-electron chi connectivity index (χ1n) is 3.89. The molecule has 0 spiro atoms. The normalized spacial score (nSPS) is 11.6. The molecule has 5 heteroatoms. The van der Waals surface area contributed by atoms with Gasteiger partial charge in [-0.15, -0.1) is 12.4 Å². The summed E-state index contributed by atoms with van der Waals surface area (Å²) in [5.74, 6) is -0.860. The fourth-order valence-electron chi connectivity index (χ4n) is 0.975. The molecule has 0 heterocycles. The van der Waals surface area contributed by atoms with Gasteiger partial charge in [-0.25, -0.2) is 4.39 Å². The number of benzene rings is 1. The van der Waals surface area contributed by atoms with Crippen LogP contribution in [0.1, 0.15) is 5.56 Å². The van der Waals surface area contributed by atoms with E-state index in [4.69, 9.17) is 11.5 Å². The third-order valence-electron chi connectivity index (χ3n) is 1.73. The molecule has 3 nitrogen and oxygen atoms in total. The fourth-order valence-corrected chi connectivity index (χ4v) is 0.975. The van der Waals surface area contributed by atoms with Crippen molar-refractivity contribution in [1.82, 2.24) is 0 Å². The summed E-state index contributed by atoms with van der Waals surface area (Å²) in [5.41, 5.74) is 11.2. The van der Waals surface area contributed by atoms with Gasteiger partial charge in [0.2, 0.25) is 5.91 Å². The molecule has 0 aliphatic heterocycles. The number of primary amides is 1. The van der Waals surface area contributed by atoms with Crippen molar-refractivity contribution in [3.63, 3.8) is 0 Å². The molecule has 14 heavy (non-hydrogen) atoms. The summed E-state index contributed by atoms with van der Waals surface area (Å²) in [6, 6.07) is 5.10. The van der Waals surface area contributed by atoms with Crippen molar-refractivity contribution >= 4 is 18.3 Å². The quantitative estimate of drug-likeness (QED) is 0.780. The molecule has 0 fully saturated rings. The highest BCUT2D eigenvalue weighted by molar-refractivity contribution is 5.85. The lowest BCUT2D eigenvalue weighted by atomic mass is 10.1. The second kappa shape index (κ2) is 5.57. The summed E-state index contributed by atoms with van der Waals surface area (Å²) in [7, 11) is 0. The molecule has 4 N–H and O–H groups in total. The van der Waals surface area contributed by atoms with Gasteiger partial charge in [0.1, 0.15) is 5.82 Å². The number of amides is 1. The molecule has 0 aliphatic carbocycles. The zero-order valence-electron chi connectivity index (χ0n) is 7.44. The van der Waals surface area contributed by atoms with E-state index in [0.29, 0.717) is 6.42 Å². The lowest BCUT2D eigenvalue weighted by Crippen LogP contribution is -2.38. The van der Waals surface area contributed by atoms with E-state index < -0.39 is 11.9 Å². The maximum absolute atomic E-state index is 12.5. The van der Waals surface area contributed by atoms with Crippen molar-refractivity contribution in [3.05, 3.63) is 35.6 Å². The molecule has 0 saturated heterocycles. The number of hydrogen-bond acceptors (Lipinski definition) is 2. The zero-order chi connectivity index (χ0) is 9.84. The molecule has 1 unspecified atom stereocenters. The lowest BCUT2D eigenvalue weighted by Gasteiger charge is -2.06. The molecule has 1 atom stereocenters. The van der Waals surface area contributed by atoms with E-state index in [2.05, 4.69) is 0 Å². The minimum Gasteiger partial charge on any atom is -0.368 e. The molecule has 0 bridgehead atoms. The van der Waals surface area contributed by atoms with Gasteiger partial charge in [0.15, 0.2) is 0 Å². The Balaban J connectivity index is 0.00000169. The molecule has 78 valence electrons. The minimum atomic E-state index is -0.703. The average Bonchev–Trinajstić information content (AvgIpc) is 2.08. The summed E-state index contributed by atoms with van der Waals surface area (Å²) >= 11 is 0. The van der Waals surface area contributed by atoms with Gasteiger partial charge in [-0.05, 0) is 24.1 Å². The van der Waals surface area contributed by atoms with Crippen LogP contribution in [0.25, 0.3) is 0 Å². The maximum atomic E-state index is 12.5. The highest BCUT2D eigenvalue weighted by Gasteiger charge is 2.09. The Morgan fingerprint density at radius 2 is 1.86 bits per heavy atom. The first kappa shape index (κ1) is 12.9. The van der Waals surface area contributed by atoms with Gasteiger partial charge in [0.25, 0.3) is 0 Å². The number of hydrogen-bond donors (Lipinski definition) is 2. The van der Waals surface area contributed by atoms with E-state index in [1.54, 1.807) is 12.1 Å². The van der Waals surface area contributed by atoms with Gasteiger partial charge < -0.3 is 11.5 Å². The number of carbonyl (C=O) groups is 1. The maximum Gasteiger partial charge on any atom is 0.234 e. The smallest absolute Gasteiger partial charge is 0.234 e. The van der Waals surface area contributed by atoms with Crippen LogP contribution in [-0.2, 0) is 11.2 Å². The SMILES string of the molecule is Cl.NC(=O)C(N)Cc1ccc(F)cc1. The molecule has 1 rings (SSSR count). The van der Waals surface area contributed by atoms with E-state index in [1.807, 2.05) is 0 Å². The summed E-state index contributed by atoms with van der Waals surface area (Å²) in [6.45, 7) is 0.